The molecular formula is C12H12FN3OS. The van der Waals surface area contributed by atoms with Gasteiger partial charge in [0.2, 0.25) is 0 Å². The third-order valence-electron chi connectivity index (χ3n) is 2.34. The van der Waals surface area contributed by atoms with Crippen molar-refractivity contribution in [3.63, 3.8) is 0 Å². The van der Waals surface area contributed by atoms with E-state index in [4.69, 9.17) is 0 Å². The summed E-state index contributed by atoms with van der Waals surface area (Å²) in [6, 6.07) is 6.25. The summed E-state index contributed by atoms with van der Waals surface area (Å²) >= 11 is 4.00. The molecule has 0 unspecified atom stereocenters. The number of para-hydroxylation sites is 1. The van der Waals surface area contributed by atoms with Crippen LogP contribution in [0.1, 0.15) is 10.4 Å². The number of benzene rings is 1. The molecule has 18 heavy (non-hydrogen) atoms. The Labute approximate surface area is 109 Å². The number of hydrogen-bond donors (Lipinski definition) is 2. The van der Waals surface area contributed by atoms with Crippen molar-refractivity contribution >= 4 is 18.5 Å². The third kappa shape index (κ3) is 2.70. The lowest BCUT2D eigenvalue weighted by molar-refractivity contribution is 0.0956. The summed E-state index contributed by atoms with van der Waals surface area (Å²) in [5.74, 6) is -0.0674. The van der Waals surface area contributed by atoms with Crippen molar-refractivity contribution in [1.29, 1.82) is 0 Å². The second-order valence-electron chi connectivity index (χ2n) is 3.60. The Morgan fingerprint density at radius 1 is 1.44 bits per heavy atom. The fourth-order valence-corrected chi connectivity index (χ4v) is 1.59. The number of thiol groups is 1. The van der Waals surface area contributed by atoms with Crippen LogP contribution < -0.4 is 5.32 Å². The number of carbonyl (C=O) groups is 1. The van der Waals surface area contributed by atoms with Crippen LogP contribution in [-0.2, 0) is 0 Å². The number of rotatable bonds is 4. The third-order valence-corrected chi connectivity index (χ3v) is 2.57. The largest absolute Gasteiger partial charge is 0.351 e. The minimum absolute atomic E-state index is 0.244. The molecule has 94 valence electrons. The van der Waals surface area contributed by atoms with Crippen molar-refractivity contribution in [2.75, 3.05) is 12.3 Å². The standard InChI is InChI=1S/C12H12FN3OS/c13-10-3-1-2-4-11(10)16-8-9(7-15-16)12(17)14-5-6-18/h1-4,7-8,18H,5-6H2,(H,14,17). The van der Waals surface area contributed by atoms with E-state index in [9.17, 15) is 9.18 Å². The van der Waals surface area contributed by atoms with Gasteiger partial charge in [0, 0.05) is 18.5 Å². The van der Waals surface area contributed by atoms with Crippen molar-refractivity contribution in [3.05, 3.63) is 48.0 Å². The van der Waals surface area contributed by atoms with Gasteiger partial charge < -0.3 is 5.32 Å². The molecule has 1 amide bonds. The molecule has 2 rings (SSSR count). The molecule has 1 aromatic heterocycles. The van der Waals surface area contributed by atoms with Crippen LogP contribution in [0.4, 0.5) is 4.39 Å². The molecule has 0 atom stereocenters. The summed E-state index contributed by atoms with van der Waals surface area (Å²) in [4.78, 5) is 11.6. The van der Waals surface area contributed by atoms with E-state index in [1.165, 1.54) is 23.1 Å². The normalized spacial score (nSPS) is 10.3. The van der Waals surface area contributed by atoms with E-state index in [0.717, 1.165) is 0 Å². The highest BCUT2D eigenvalue weighted by Crippen LogP contribution is 2.12. The Hall–Kier alpha value is -1.82. The van der Waals surface area contributed by atoms with Crippen LogP contribution in [-0.4, -0.2) is 28.0 Å². The van der Waals surface area contributed by atoms with Gasteiger partial charge in [-0.2, -0.15) is 17.7 Å². The summed E-state index contributed by atoms with van der Waals surface area (Å²) in [7, 11) is 0. The van der Waals surface area contributed by atoms with Crippen LogP contribution >= 0.6 is 12.6 Å². The number of nitrogens with zero attached hydrogens (tertiary/aromatic N) is 2. The molecule has 2 aromatic rings. The van der Waals surface area contributed by atoms with Crippen molar-refractivity contribution in [2.45, 2.75) is 0 Å². The first-order valence-corrected chi connectivity index (χ1v) is 6.04. The molecule has 0 spiro atoms. The maximum atomic E-state index is 13.5. The first-order valence-electron chi connectivity index (χ1n) is 5.41. The molecule has 4 nitrogen and oxygen atoms in total. The molecule has 6 heteroatoms. The highest BCUT2D eigenvalue weighted by atomic mass is 32.1. The summed E-state index contributed by atoms with van der Waals surface area (Å²) in [5.41, 5.74) is 0.700. The average molecular weight is 265 g/mol. The van der Waals surface area contributed by atoms with Crippen LogP contribution in [0.3, 0.4) is 0 Å². The molecule has 0 fully saturated rings. The number of aromatic nitrogens is 2. The van der Waals surface area contributed by atoms with E-state index < -0.39 is 0 Å². The molecule has 1 N–H and O–H groups in total. The van der Waals surface area contributed by atoms with E-state index in [2.05, 4.69) is 23.0 Å². The number of hydrogen-bond acceptors (Lipinski definition) is 3. The van der Waals surface area contributed by atoms with Crippen LogP contribution in [0.25, 0.3) is 5.69 Å². The molecule has 1 heterocycles. The van der Waals surface area contributed by atoms with E-state index in [-0.39, 0.29) is 11.7 Å². The summed E-state index contributed by atoms with van der Waals surface area (Å²) in [5, 5.41) is 6.64. The molecule has 0 aliphatic heterocycles. The number of amides is 1. The predicted molar refractivity (Wildman–Crippen MR) is 69.7 cm³/mol. The van der Waals surface area contributed by atoms with E-state index in [1.54, 1.807) is 18.2 Å². The highest BCUT2D eigenvalue weighted by molar-refractivity contribution is 7.80. The van der Waals surface area contributed by atoms with Gasteiger partial charge in [0.05, 0.1) is 11.8 Å². The average Bonchev–Trinajstić information content (AvgIpc) is 2.86. The van der Waals surface area contributed by atoms with Crippen molar-refractivity contribution in [2.24, 2.45) is 0 Å². The van der Waals surface area contributed by atoms with Crippen LogP contribution in [0.15, 0.2) is 36.7 Å². The monoisotopic (exact) mass is 265 g/mol. The van der Waals surface area contributed by atoms with Gasteiger partial charge >= 0.3 is 0 Å². The van der Waals surface area contributed by atoms with Crippen molar-refractivity contribution in [3.8, 4) is 5.69 Å². The summed E-state index contributed by atoms with van der Waals surface area (Å²) in [6.45, 7) is 0.479. The van der Waals surface area contributed by atoms with E-state index >= 15 is 0 Å². The zero-order chi connectivity index (χ0) is 13.0. The van der Waals surface area contributed by atoms with Crippen LogP contribution in [0.5, 0.6) is 0 Å². The minimum atomic E-state index is -0.386. The van der Waals surface area contributed by atoms with Crippen molar-refractivity contribution < 1.29 is 9.18 Å². The van der Waals surface area contributed by atoms with Gasteiger partial charge in [0.25, 0.3) is 5.91 Å². The topological polar surface area (TPSA) is 46.9 Å². The number of halogens is 1. The molecule has 0 saturated carbocycles. The Bertz CT molecular complexity index is 556. The minimum Gasteiger partial charge on any atom is -0.351 e. The Morgan fingerprint density at radius 3 is 2.94 bits per heavy atom. The molecule has 1 aromatic carbocycles. The molecule has 0 radical (unpaired) electrons. The lowest BCUT2D eigenvalue weighted by Gasteiger charge is -2.02. The smallest absolute Gasteiger partial charge is 0.254 e. The number of carbonyl (C=O) groups excluding carboxylic acids is 1. The highest BCUT2D eigenvalue weighted by Gasteiger charge is 2.10. The van der Waals surface area contributed by atoms with Gasteiger partial charge in [0.1, 0.15) is 11.5 Å². The van der Waals surface area contributed by atoms with Crippen LogP contribution in [0.2, 0.25) is 0 Å². The molecule has 0 bridgehead atoms. The first-order chi connectivity index (χ1) is 8.72. The Kier molecular flexibility index (Phi) is 3.99. The maximum absolute atomic E-state index is 13.5. The van der Waals surface area contributed by atoms with Gasteiger partial charge in [-0.3, -0.25) is 4.79 Å². The Morgan fingerprint density at radius 2 is 2.22 bits per heavy atom. The van der Waals surface area contributed by atoms with Gasteiger partial charge in [0.15, 0.2) is 0 Å². The zero-order valence-electron chi connectivity index (χ0n) is 9.51. The van der Waals surface area contributed by atoms with E-state index in [1.807, 2.05) is 0 Å². The second kappa shape index (κ2) is 5.68. The first kappa shape index (κ1) is 12.6. The maximum Gasteiger partial charge on any atom is 0.254 e. The van der Waals surface area contributed by atoms with E-state index in [0.29, 0.717) is 23.5 Å². The molecule has 0 saturated heterocycles. The van der Waals surface area contributed by atoms with Gasteiger partial charge in [-0.15, -0.1) is 0 Å². The molecular weight excluding hydrogens is 253 g/mol. The molecule has 0 aliphatic carbocycles. The predicted octanol–water partition coefficient (Wildman–Crippen LogP) is 1.67. The Balaban J connectivity index is 2.21. The van der Waals surface area contributed by atoms with Gasteiger partial charge in [-0.05, 0) is 12.1 Å². The fraction of sp³-hybridized carbons (Fsp3) is 0.167. The van der Waals surface area contributed by atoms with Crippen molar-refractivity contribution in [1.82, 2.24) is 15.1 Å². The van der Waals surface area contributed by atoms with Gasteiger partial charge in [-0.1, -0.05) is 12.1 Å². The van der Waals surface area contributed by atoms with Crippen LogP contribution in [0, 0.1) is 5.82 Å². The summed E-state index contributed by atoms with van der Waals surface area (Å²) in [6.07, 6.45) is 2.90. The second-order valence-corrected chi connectivity index (χ2v) is 4.05. The molecule has 0 aliphatic rings. The zero-order valence-corrected chi connectivity index (χ0v) is 10.4. The number of nitrogens with one attached hydrogen (secondary N) is 1. The lowest BCUT2D eigenvalue weighted by atomic mass is 10.3. The SMILES string of the molecule is O=C(NCCS)c1cnn(-c2ccccc2F)c1. The quantitative estimate of drug-likeness (QED) is 0.826. The lowest BCUT2D eigenvalue weighted by Crippen LogP contribution is -2.24. The van der Waals surface area contributed by atoms with Gasteiger partial charge in [-0.25, -0.2) is 9.07 Å². The summed E-state index contributed by atoms with van der Waals surface area (Å²) < 4.78 is 14.9. The fourth-order valence-electron chi connectivity index (χ4n) is 1.48.